The van der Waals surface area contributed by atoms with E-state index in [4.69, 9.17) is 18.9 Å². The molecule has 1 rings (SSSR count). The van der Waals surface area contributed by atoms with Crippen LogP contribution in [-0.2, 0) is 22.7 Å². The van der Waals surface area contributed by atoms with E-state index in [0.29, 0.717) is 62.3 Å². The van der Waals surface area contributed by atoms with Crippen molar-refractivity contribution in [3.8, 4) is 11.5 Å². The minimum atomic E-state index is -0.169. The van der Waals surface area contributed by atoms with Crippen molar-refractivity contribution in [2.75, 3.05) is 39.6 Å². The lowest BCUT2D eigenvalue weighted by atomic mass is 10.1. The van der Waals surface area contributed by atoms with Crippen molar-refractivity contribution < 1.29 is 29.2 Å². The van der Waals surface area contributed by atoms with Crippen molar-refractivity contribution in [2.45, 2.75) is 27.1 Å². The first kappa shape index (κ1) is 18.7. The van der Waals surface area contributed by atoms with E-state index >= 15 is 0 Å². The Morgan fingerprint density at radius 3 is 1.45 bits per heavy atom. The van der Waals surface area contributed by atoms with E-state index in [-0.39, 0.29) is 13.2 Å². The van der Waals surface area contributed by atoms with Gasteiger partial charge in [0.05, 0.1) is 26.4 Å². The van der Waals surface area contributed by atoms with Gasteiger partial charge < -0.3 is 29.2 Å². The van der Waals surface area contributed by atoms with E-state index in [0.717, 1.165) is 0 Å². The molecule has 0 aliphatic heterocycles. The molecule has 0 aliphatic carbocycles. The monoisotopic (exact) mass is 314 g/mol. The lowest BCUT2D eigenvalue weighted by Gasteiger charge is -2.16. The fourth-order valence-electron chi connectivity index (χ4n) is 1.87. The summed E-state index contributed by atoms with van der Waals surface area (Å²) in [6, 6.07) is 3.38. The molecule has 6 nitrogen and oxygen atoms in total. The molecule has 0 fully saturated rings. The molecule has 0 saturated carbocycles. The van der Waals surface area contributed by atoms with E-state index < -0.39 is 0 Å². The van der Waals surface area contributed by atoms with Crippen LogP contribution in [0.4, 0.5) is 0 Å². The van der Waals surface area contributed by atoms with Gasteiger partial charge in [0.15, 0.2) is 0 Å². The van der Waals surface area contributed by atoms with Crippen LogP contribution in [0.3, 0.4) is 0 Å². The van der Waals surface area contributed by atoms with Crippen molar-refractivity contribution in [2.24, 2.45) is 0 Å². The van der Waals surface area contributed by atoms with Crippen LogP contribution in [0.25, 0.3) is 0 Å². The Balaban J connectivity index is 2.73. The number of benzene rings is 1. The van der Waals surface area contributed by atoms with Gasteiger partial charge in [-0.3, -0.25) is 0 Å². The quantitative estimate of drug-likeness (QED) is 0.569. The molecule has 0 saturated heterocycles. The van der Waals surface area contributed by atoms with Gasteiger partial charge in [0, 0.05) is 24.3 Å². The van der Waals surface area contributed by atoms with E-state index in [1.807, 2.05) is 13.8 Å². The maximum absolute atomic E-state index is 9.46. The molecule has 0 radical (unpaired) electrons. The molecule has 0 bridgehead atoms. The SMILES string of the molecule is CCOCCOc1cc(CO)c(OCCOCC)cc1CO. The number of hydrogen-bond acceptors (Lipinski definition) is 6. The number of ether oxygens (including phenoxy) is 4. The Labute approximate surface area is 131 Å². The minimum absolute atomic E-state index is 0.169. The molecule has 22 heavy (non-hydrogen) atoms. The van der Waals surface area contributed by atoms with Crippen molar-refractivity contribution >= 4 is 0 Å². The van der Waals surface area contributed by atoms with E-state index in [2.05, 4.69) is 0 Å². The van der Waals surface area contributed by atoms with Gasteiger partial charge in [0.25, 0.3) is 0 Å². The molecule has 0 heterocycles. The summed E-state index contributed by atoms with van der Waals surface area (Å²) >= 11 is 0. The van der Waals surface area contributed by atoms with Crippen LogP contribution in [0.1, 0.15) is 25.0 Å². The summed E-state index contributed by atoms with van der Waals surface area (Å²) in [5.41, 5.74) is 1.22. The number of aliphatic hydroxyl groups is 2. The predicted octanol–water partition coefficient (Wildman–Crippen LogP) is 1.50. The third-order valence-corrected chi connectivity index (χ3v) is 2.96. The van der Waals surface area contributed by atoms with E-state index in [1.165, 1.54) is 0 Å². The largest absolute Gasteiger partial charge is 0.491 e. The van der Waals surface area contributed by atoms with Gasteiger partial charge in [0.1, 0.15) is 24.7 Å². The number of aliphatic hydroxyl groups excluding tert-OH is 2. The summed E-state index contributed by atoms with van der Waals surface area (Å²) in [6.45, 7) is 6.47. The summed E-state index contributed by atoms with van der Waals surface area (Å²) in [6.07, 6.45) is 0. The predicted molar refractivity (Wildman–Crippen MR) is 82.3 cm³/mol. The molecule has 1 aromatic carbocycles. The lowest BCUT2D eigenvalue weighted by molar-refractivity contribution is 0.107. The Hall–Kier alpha value is -1.34. The second-order valence-electron chi connectivity index (χ2n) is 4.47. The minimum Gasteiger partial charge on any atom is -0.491 e. The Bertz CT molecular complexity index is 382. The first-order chi connectivity index (χ1) is 10.8. The maximum Gasteiger partial charge on any atom is 0.125 e. The molecular weight excluding hydrogens is 288 g/mol. The third kappa shape index (κ3) is 6.19. The zero-order valence-electron chi connectivity index (χ0n) is 13.3. The van der Waals surface area contributed by atoms with Gasteiger partial charge >= 0.3 is 0 Å². The number of rotatable bonds is 12. The van der Waals surface area contributed by atoms with Crippen LogP contribution in [0.2, 0.25) is 0 Å². The van der Waals surface area contributed by atoms with E-state index in [1.54, 1.807) is 12.1 Å². The average Bonchev–Trinajstić information content (AvgIpc) is 2.55. The lowest BCUT2D eigenvalue weighted by Crippen LogP contribution is -2.10. The molecule has 126 valence electrons. The zero-order chi connectivity index (χ0) is 16.2. The highest BCUT2D eigenvalue weighted by molar-refractivity contribution is 5.46. The molecule has 0 spiro atoms. The summed E-state index contributed by atoms with van der Waals surface area (Å²) in [5, 5.41) is 18.9. The molecule has 0 aromatic heterocycles. The van der Waals surface area contributed by atoms with Crippen molar-refractivity contribution in [3.63, 3.8) is 0 Å². The molecule has 0 atom stereocenters. The van der Waals surface area contributed by atoms with Gasteiger partial charge in [-0.05, 0) is 26.0 Å². The Morgan fingerprint density at radius 1 is 0.727 bits per heavy atom. The molecular formula is C16H26O6. The van der Waals surface area contributed by atoms with Crippen molar-refractivity contribution in [1.82, 2.24) is 0 Å². The average molecular weight is 314 g/mol. The summed E-state index contributed by atoms with van der Waals surface area (Å²) < 4.78 is 21.6. The van der Waals surface area contributed by atoms with E-state index in [9.17, 15) is 10.2 Å². The summed E-state index contributed by atoms with van der Waals surface area (Å²) in [7, 11) is 0. The topological polar surface area (TPSA) is 77.4 Å². The van der Waals surface area contributed by atoms with Crippen LogP contribution in [-0.4, -0.2) is 49.9 Å². The fourth-order valence-corrected chi connectivity index (χ4v) is 1.87. The molecule has 0 unspecified atom stereocenters. The highest BCUT2D eigenvalue weighted by Crippen LogP contribution is 2.29. The highest BCUT2D eigenvalue weighted by Gasteiger charge is 2.11. The van der Waals surface area contributed by atoms with Gasteiger partial charge in [-0.2, -0.15) is 0 Å². The molecule has 1 aromatic rings. The van der Waals surface area contributed by atoms with Gasteiger partial charge in [-0.15, -0.1) is 0 Å². The molecule has 0 aliphatic rings. The normalized spacial score (nSPS) is 10.7. The van der Waals surface area contributed by atoms with Crippen LogP contribution in [0.5, 0.6) is 11.5 Å². The summed E-state index contributed by atoms with van der Waals surface area (Å²) in [5.74, 6) is 1.06. The van der Waals surface area contributed by atoms with Gasteiger partial charge in [0.2, 0.25) is 0 Å². The molecule has 2 N–H and O–H groups in total. The van der Waals surface area contributed by atoms with Crippen LogP contribution in [0.15, 0.2) is 12.1 Å². The highest BCUT2D eigenvalue weighted by atomic mass is 16.5. The standard InChI is InChI=1S/C16H26O6/c1-3-19-5-7-21-15-9-14(12-18)16(10-13(15)11-17)22-8-6-20-4-2/h9-10,17-18H,3-8,11-12H2,1-2H3. The Morgan fingerprint density at radius 2 is 1.14 bits per heavy atom. The fraction of sp³-hybridized carbons (Fsp3) is 0.625. The molecule has 0 amide bonds. The summed E-state index contributed by atoms with van der Waals surface area (Å²) in [4.78, 5) is 0. The molecule has 6 heteroatoms. The van der Waals surface area contributed by atoms with Crippen LogP contribution < -0.4 is 9.47 Å². The third-order valence-electron chi connectivity index (χ3n) is 2.96. The first-order valence-electron chi connectivity index (χ1n) is 7.55. The first-order valence-corrected chi connectivity index (χ1v) is 7.55. The van der Waals surface area contributed by atoms with Crippen LogP contribution in [0, 0.1) is 0 Å². The van der Waals surface area contributed by atoms with Gasteiger partial charge in [-0.25, -0.2) is 0 Å². The zero-order valence-corrected chi connectivity index (χ0v) is 13.3. The second-order valence-corrected chi connectivity index (χ2v) is 4.47. The second kappa shape index (κ2) is 11.3. The maximum atomic E-state index is 9.46. The van der Waals surface area contributed by atoms with Crippen LogP contribution >= 0.6 is 0 Å². The van der Waals surface area contributed by atoms with Crippen molar-refractivity contribution in [3.05, 3.63) is 23.3 Å². The number of hydrogen-bond donors (Lipinski definition) is 2. The van der Waals surface area contributed by atoms with Gasteiger partial charge in [-0.1, -0.05) is 0 Å². The van der Waals surface area contributed by atoms with Crippen molar-refractivity contribution in [1.29, 1.82) is 0 Å². The smallest absolute Gasteiger partial charge is 0.125 e. The Kier molecular flexibility index (Phi) is 9.57.